The lowest BCUT2D eigenvalue weighted by atomic mass is 10.2. The number of carbonyl (C=O) groups is 2. The standard InChI is InChI=1S/C23H31N3O6S/c1-16-11-26(12-17(2)32-16)23(28)14-25-13-21(19-7-3-4-8-20(19)25)33(29,30)15-22(27)24-10-18-6-5-9-31-18/h3-4,7-8,13,16-18H,5-6,9-12,14-15H2,1-2H3,(H,24,27)/t16-,17-,18-/m1/s1. The Kier molecular flexibility index (Phi) is 7.06. The number of hydrogen-bond acceptors (Lipinski definition) is 6. The average Bonchev–Trinajstić information content (AvgIpc) is 3.40. The fraction of sp³-hybridized carbons (Fsp3) is 0.565. The van der Waals surface area contributed by atoms with Crippen molar-refractivity contribution in [2.75, 3.05) is 32.0 Å². The highest BCUT2D eigenvalue weighted by atomic mass is 32.2. The fourth-order valence-electron chi connectivity index (χ4n) is 4.55. The van der Waals surface area contributed by atoms with Crippen LogP contribution in [0.15, 0.2) is 35.4 Å². The van der Waals surface area contributed by atoms with Crippen LogP contribution >= 0.6 is 0 Å². The van der Waals surface area contributed by atoms with Crippen LogP contribution in [0.1, 0.15) is 26.7 Å². The average molecular weight is 478 g/mol. The maximum absolute atomic E-state index is 13.1. The minimum Gasteiger partial charge on any atom is -0.376 e. The number of amides is 2. The summed E-state index contributed by atoms with van der Waals surface area (Å²) in [5.41, 5.74) is 0.638. The number of rotatable bonds is 7. The molecule has 0 spiro atoms. The smallest absolute Gasteiger partial charge is 0.242 e. The van der Waals surface area contributed by atoms with Crippen LogP contribution in [0.25, 0.3) is 10.9 Å². The zero-order valence-electron chi connectivity index (χ0n) is 19.0. The number of sulfone groups is 1. The first-order valence-electron chi connectivity index (χ1n) is 11.3. The number of carbonyl (C=O) groups excluding carboxylic acids is 2. The van der Waals surface area contributed by atoms with Gasteiger partial charge in [-0.3, -0.25) is 9.59 Å². The fourth-order valence-corrected chi connectivity index (χ4v) is 5.95. The SMILES string of the molecule is C[C@@H]1CN(C(=O)Cn2cc(S(=O)(=O)CC(=O)NC[C@H]3CCCO3)c3ccccc32)C[C@@H](C)O1. The van der Waals surface area contributed by atoms with E-state index >= 15 is 0 Å². The van der Waals surface area contributed by atoms with Gasteiger partial charge >= 0.3 is 0 Å². The Labute approximate surface area is 193 Å². The molecule has 2 fully saturated rings. The second-order valence-corrected chi connectivity index (χ2v) is 10.9. The number of hydrogen-bond donors (Lipinski definition) is 1. The van der Waals surface area contributed by atoms with E-state index in [0.29, 0.717) is 37.1 Å². The summed E-state index contributed by atoms with van der Waals surface area (Å²) in [6, 6.07) is 7.03. The van der Waals surface area contributed by atoms with E-state index in [-0.39, 0.29) is 35.7 Å². The number of para-hydroxylation sites is 1. The van der Waals surface area contributed by atoms with E-state index in [2.05, 4.69) is 5.32 Å². The van der Waals surface area contributed by atoms with Gasteiger partial charge in [-0.25, -0.2) is 8.42 Å². The molecule has 0 radical (unpaired) electrons. The van der Waals surface area contributed by atoms with Gasteiger partial charge in [0.15, 0.2) is 9.84 Å². The molecule has 1 aromatic carbocycles. The van der Waals surface area contributed by atoms with Gasteiger partial charge in [-0.05, 0) is 32.8 Å². The predicted molar refractivity (Wildman–Crippen MR) is 123 cm³/mol. The lowest BCUT2D eigenvalue weighted by Gasteiger charge is -2.35. The molecule has 0 saturated carbocycles. The number of nitrogens with one attached hydrogen (secondary N) is 1. The minimum absolute atomic E-state index is 0.0146. The Morgan fingerprint density at radius 2 is 1.88 bits per heavy atom. The summed E-state index contributed by atoms with van der Waals surface area (Å²) in [6.07, 6.45) is 3.11. The molecule has 10 heteroatoms. The van der Waals surface area contributed by atoms with E-state index < -0.39 is 21.5 Å². The first kappa shape index (κ1) is 23.7. The van der Waals surface area contributed by atoms with Crippen LogP contribution < -0.4 is 5.32 Å². The zero-order chi connectivity index (χ0) is 23.6. The molecule has 2 saturated heterocycles. The molecule has 4 rings (SSSR count). The third kappa shape index (κ3) is 5.56. The van der Waals surface area contributed by atoms with E-state index in [0.717, 1.165) is 12.8 Å². The van der Waals surface area contributed by atoms with Crippen molar-refractivity contribution in [1.82, 2.24) is 14.8 Å². The third-order valence-electron chi connectivity index (χ3n) is 6.04. The molecule has 1 N–H and O–H groups in total. The first-order chi connectivity index (χ1) is 15.7. The molecule has 3 atom stereocenters. The highest BCUT2D eigenvalue weighted by molar-refractivity contribution is 7.92. The number of morpholine rings is 1. The van der Waals surface area contributed by atoms with Crippen LogP contribution in [0.5, 0.6) is 0 Å². The van der Waals surface area contributed by atoms with Crippen molar-refractivity contribution in [2.24, 2.45) is 0 Å². The molecule has 180 valence electrons. The Morgan fingerprint density at radius 1 is 1.15 bits per heavy atom. The van der Waals surface area contributed by atoms with Crippen molar-refractivity contribution in [3.05, 3.63) is 30.5 Å². The molecule has 0 unspecified atom stereocenters. The van der Waals surface area contributed by atoms with Gasteiger partial charge in [0.2, 0.25) is 11.8 Å². The molecule has 2 aliphatic heterocycles. The van der Waals surface area contributed by atoms with Crippen molar-refractivity contribution in [3.63, 3.8) is 0 Å². The van der Waals surface area contributed by atoms with Gasteiger partial charge in [-0.2, -0.15) is 0 Å². The van der Waals surface area contributed by atoms with Gasteiger partial charge in [0.25, 0.3) is 0 Å². The highest BCUT2D eigenvalue weighted by Crippen LogP contribution is 2.27. The summed E-state index contributed by atoms with van der Waals surface area (Å²) in [6.45, 7) is 5.84. The largest absolute Gasteiger partial charge is 0.376 e. The number of benzene rings is 1. The molecule has 2 aliphatic rings. The molecule has 2 amide bonds. The topological polar surface area (TPSA) is 107 Å². The Bertz CT molecular complexity index is 1110. The first-order valence-corrected chi connectivity index (χ1v) is 13.0. The zero-order valence-corrected chi connectivity index (χ0v) is 19.8. The number of nitrogens with zero attached hydrogens (tertiary/aromatic N) is 2. The maximum Gasteiger partial charge on any atom is 0.242 e. The summed E-state index contributed by atoms with van der Waals surface area (Å²) in [4.78, 5) is 27.1. The Balaban J connectivity index is 1.51. The lowest BCUT2D eigenvalue weighted by molar-refractivity contribution is -0.143. The molecule has 0 aliphatic carbocycles. The summed E-state index contributed by atoms with van der Waals surface area (Å²) in [7, 11) is -3.91. The molecule has 3 heterocycles. The van der Waals surface area contributed by atoms with Gasteiger partial charge in [0, 0.05) is 43.3 Å². The van der Waals surface area contributed by atoms with Crippen LogP contribution in [0, 0.1) is 0 Å². The van der Waals surface area contributed by atoms with Crippen molar-refractivity contribution in [3.8, 4) is 0 Å². The van der Waals surface area contributed by atoms with Crippen LogP contribution in [0.2, 0.25) is 0 Å². The Morgan fingerprint density at radius 3 is 2.58 bits per heavy atom. The third-order valence-corrected chi connectivity index (χ3v) is 7.67. The van der Waals surface area contributed by atoms with Crippen molar-refractivity contribution >= 4 is 32.6 Å². The van der Waals surface area contributed by atoms with Crippen molar-refractivity contribution < 1.29 is 27.5 Å². The van der Waals surface area contributed by atoms with E-state index in [4.69, 9.17) is 9.47 Å². The number of aromatic nitrogens is 1. The van der Waals surface area contributed by atoms with Gasteiger partial charge in [0.05, 0.1) is 23.2 Å². The molecule has 0 bridgehead atoms. The molecular weight excluding hydrogens is 446 g/mol. The highest BCUT2D eigenvalue weighted by Gasteiger charge is 2.28. The second kappa shape index (κ2) is 9.82. The molecule has 2 aromatic rings. The normalized spacial score (nSPS) is 23.7. The molecule has 1 aromatic heterocycles. The summed E-state index contributed by atoms with van der Waals surface area (Å²) < 4.78 is 39.1. The number of ether oxygens (including phenoxy) is 2. The second-order valence-electron chi connectivity index (χ2n) is 8.89. The maximum atomic E-state index is 13.1. The molecule has 33 heavy (non-hydrogen) atoms. The van der Waals surface area contributed by atoms with Gasteiger partial charge in [-0.15, -0.1) is 0 Å². The van der Waals surface area contributed by atoms with Crippen LogP contribution in [0.4, 0.5) is 0 Å². The summed E-state index contributed by atoms with van der Waals surface area (Å²) in [5.74, 6) is -1.31. The van der Waals surface area contributed by atoms with E-state index in [1.165, 1.54) is 6.20 Å². The van der Waals surface area contributed by atoms with E-state index in [9.17, 15) is 18.0 Å². The molecular formula is C23H31N3O6S. The summed E-state index contributed by atoms with van der Waals surface area (Å²) in [5, 5.41) is 3.17. The van der Waals surface area contributed by atoms with Crippen molar-refractivity contribution in [1.29, 1.82) is 0 Å². The van der Waals surface area contributed by atoms with Gasteiger partial charge in [0.1, 0.15) is 12.3 Å². The van der Waals surface area contributed by atoms with Gasteiger partial charge < -0.3 is 24.3 Å². The summed E-state index contributed by atoms with van der Waals surface area (Å²) >= 11 is 0. The molecule has 9 nitrogen and oxygen atoms in total. The van der Waals surface area contributed by atoms with Gasteiger partial charge in [-0.1, -0.05) is 18.2 Å². The van der Waals surface area contributed by atoms with Crippen LogP contribution in [-0.2, 0) is 35.4 Å². The van der Waals surface area contributed by atoms with Crippen molar-refractivity contribution in [2.45, 2.75) is 56.4 Å². The minimum atomic E-state index is -3.91. The van der Waals surface area contributed by atoms with E-state index in [1.54, 1.807) is 33.7 Å². The predicted octanol–water partition coefficient (Wildman–Crippen LogP) is 1.35. The lowest BCUT2D eigenvalue weighted by Crippen LogP contribution is -2.49. The number of fused-ring (bicyclic) bond motifs is 1. The Hall–Kier alpha value is -2.43. The van der Waals surface area contributed by atoms with E-state index in [1.807, 2.05) is 13.8 Å². The van der Waals surface area contributed by atoms with Crippen LogP contribution in [0.3, 0.4) is 0 Å². The quantitative estimate of drug-likeness (QED) is 0.645. The van der Waals surface area contributed by atoms with Crippen LogP contribution in [-0.4, -0.2) is 80.0 Å². The monoisotopic (exact) mass is 477 g/mol.